The largest absolute Gasteiger partial charge is 0.508 e. The van der Waals surface area contributed by atoms with Crippen LogP contribution in [-0.4, -0.2) is 11.4 Å². The normalized spacial score (nSPS) is 10.3. The van der Waals surface area contributed by atoms with Gasteiger partial charge in [0.05, 0.1) is 0 Å². The number of benzene rings is 1. The van der Waals surface area contributed by atoms with E-state index in [0.717, 1.165) is 11.8 Å². The van der Waals surface area contributed by atoms with Crippen molar-refractivity contribution >= 4 is 12.4 Å². The van der Waals surface area contributed by atoms with Crippen molar-refractivity contribution in [3.8, 4) is 5.75 Å². The number of carbonyl (C=O) groups is 1. The maximum absolute atomic E-state index is 9.96. The van der Waals surface area contributed by atoms with E-state index in [4.69, 9.17) is 5.11 Å². The molecule has 0 spiro atoms. The van der Waals surface area contributed by atoms with Crippen LogP contribution in [-0.2, 0) is 4.79 Å². The molecule has 1 N–H and O–H groups in total. The van der Waals surface area contributed by atoms with Gasteiger partial charge < -0.3 is 9.90 Å². The molecule has 0 fully saturated rings. The second-order valence-electron chi connectivity index (χ2n) is 2.40. The monoisotopic (exact) mass is 162 g/mol. The van der Waals surface area contributed by atoms with Crippen LogP contribution in [0.3, 0.4) is 0 Å². The van der Waals surface area contributed by atoms with Crippen LogP contribution in [0.25, 0.3) is 6.08 Å². The molecule has 0 saturated carbocycles. The van der Waals surface area contributed by atoms with E-state index in [2.05, 4.69) is 0 Å². The van der Waals surface area contributed by atoms with Crippen molar-refractivity contribution < 1.29 is 9.90 Å². The molecule has 2 heteroatoms. The maximum Gasteiger partial charge on any atom is 0.123 e. The number of hydrogen-bond acceptors (Lipinski definition) is 2. The minimum Gasteiger partial charge on any atom is -0.508 e. The topological polar surface area (TPSA) is 37.3 Å². The summed E-state index contributed by atoms with van der Waals surface area (Å²) in [5.41, 5.74) is 0.900. The molecule has 0 aromatic heterocycles. The Kier molecular flexibility index (Phi) is 3.08. The SMILES string of the molecule is O=CCC=Cc1cccc(O)c1. The van der Waals surface area contributed by atoms with Gasteiger partial charge in [0, 0.05) is 6.42 Å². The van der Waals surface area contributed by atoms with E-state index in [9.17, 15) is 4.79 Å². The number of phenolic OH excluding ortho intramolecular Hbond substituents is 1. The zero-order valence-corrected chi connectivity index (χ0v) is 6.60. The number of aldehydes is 1. The molecule has 0 bridgehead atoms. The molecule has 12 heavy (non-hydrogen) atoms. The lowest BCUT2D eigenvalue weighted by Crippen LogP contribution is -1.71. The summed E-state index contributed by atoms with van der Waals surface area (Å²) in [7, 11) is 0. The third-order valence-corrected chi connectivity index (χ3v) is 1.41. The highest BCUT2D eigenvalue weighted by Gasteiger charge is 1.87. The molecule has 1 aromatic carbocycles. The van der Waals surface area contributed by atoms with Gasteiger partial charge in [-0.05, 0) is 17.7 Å². The summed E-state index contributed by atoms with van der Waals surface area (Å²) >= 11 is 0. The predicted octanol–water partition coefficient (Wildman–Crippen LogP) is 1.99. The average Bonchev–Trinajstić information content (AvgIpc) is 2.05. The molecule has 1 rings (SSSR count). The highest BCUT2D eigenvalue weighted by atomic mass is 16.3. The molecular formula is C10H10O2. The lowest BCUT2D eigenvalue weighted by molar-refractivity contribution is -0.107. The first-order valence-corrected chi connectivity index (χ1v) is 3.72. The van der Waals surface area contributed by atoms with E-state index in [1.54, 1.807) is 30.4 Å². The summed E-state index contributed by atoms with van der Waals surface area (Å²) in [5.74, 6) is 0.239. The Morgan fingerprint density at radius 3 is 2.92 bits per heavy atom. The van der Waals surface area contributed by atoms with Crippen LogP contribution in [0.5, 0.6) is 5.75 Å². The molecule has 62 valence electrons. The van der Waals surface area contributed by atoms with Crippen LogP contribution in [0.15, 0.2) is 30.3 Å². The van der Waals surface area contributed by atoms with E-state index < -0.39 is 0 Å². The molecule has 0 atom stereocenters. The molecule has 0 amide bonds. The minimum absolute atomic E-state index is 0.239. The second-order valence-corrected chi connectivity index (χ2v) is 2.40. The Morgan fingerprint density at radius 1 is 1.42 bits per heavy atom. The lowest BCUT2D eigenvalue weighted by Gasteiger charge is -1.93. The van der Waals surface area contributed by atoms with E-state index in [1.165, 1.54) is 0 Å². The Hall–Kier alpha value is -1.57. The van der Waals surface area contributed by atoms with E-state index >= 15 is 0 Å². The second kappa shape index (κ2) is 4.34. The highest BCUT2D eigenvalue weighted by Crippen LogP contribution is 2.11. The van der Waals surface area contributed by atoms with Gasteiger partial charge in [-0.15, -0.1) is 0 Å². The van der Waals surface area contributed by atoms with Crippen LogP contribution >= 0.6 is 0 Å². The molecule has 0 saturated heterocycles. The highest BCUT2D eigenvalue weighted by molar-refractivity contribution is 5.58. The summed E-state index contributed by atoms with van der Waals surface area (Å²) in [5, 5.41) is 9.07. The molecule has 0 aliphatic rings. The number of allylic oxidation sites excluding steroid dienone is 1. The molecule has 0 aliphatic heterocycles. The van der Waals surface area contributed by atoms with E-state index in [0.29, 0.717) is 6.42 Å². The van der Waals surface area contributed by atoms with Crippen molar-refractivity contribution in [2.24, 2.45) is 0 Å². The Morgan fingerprint density at radius 2 is 2.25 bits per heavy atom. The summed E-state index contributed by atoms with van der Waals surface area (Å²) < 4.78 is 0. The van der Waals surface area contributed by atoms with Gasteiger partial charge in [0.2, 0.25) is 0 Å². The Labute approximate surface area is 71.2 Å². The van der Waals surface area contributed by atoms with E-state index in [1.807, 2.05) is 6.07 Å². The van der Waals surface area contributed by atoms with Gasteiger partial charge in [0.15, 0.2) is 0 Å². The van der Waals surface area contributed by atoms with Gasteiger partial charge in [0.1, 0.15) is 12.0 Å². The predicted molar refractivity (Wildman–Crippen MR) is 47.8 cm³/mol. The quantitative estimate of drug-likeness (QED) is 0.690. The van der Waals surface area contributed by atoms with Crippen molar-refractivity contribution in [3.05, 3.63) is 35.9 Å². The number of aromatic hydroxyl groups is 1. The van der Waals surface area contributed by atoms with E-state index in [-0.39, 0.29) is 5.75 Å². The molecule has 0 radical (unpaired) electrons. The molecule has 0 unspecified atom stereocenters. The summed E-state index contributed by atoms with van der Waals surface area (Å²) in [6, 6.07) is 6.87. The smallest absolute Gasteiger partial charge is 0.123 e. The van der Waals surface area contributed by atoms with Crippen molar-refractivity contribution in [3.63, 3.8) is 0 Å². The molecule has 0 aliphatic carbocycles. The molecule has 1 aromatic rings. The first-order valence-electron chi connectivity index (χ1n) is 3.72. The lowest BCUT2D eigenvalue weighted by atomic mass is 10.2. The zero-order chi connectivity index (χ0) is 8.81. The van der Waals surface area contributed by atoms with Crippen molar-refractivity contribution in [1.29, 1.82) is 0 Å². The number of hydrogen-bond donors (Lipinski definition) is 1. The summed E-state index contributed by atoms with van der Waals surface area (Å²) in [6.45, 7) is 0. The standard InChI is InChI=1S/C10H10O2/c11-7-2-1-4-9-5-3-6-10(12)8-9/h1,3-8,12H,2H2. The number of phenols is 1. The Balaban J connectivity index is 2.69. The number of rotatable bonds is 3. The number of carbonyl (C=O) groups excluding carboxylic acids is 1. The van der Waals surface area contributed by atoms with Crippen LogP contribution in [0.1, 0.15) is 12.0 Å². The van der Waals surface area contributed by atoms with Crippen molar-refractivity contribution in [1.82, 2.24) is 0 Å². The van der Waals surface area contributed by atoms with Gasteiger partial charge in [-0.3, -0.25) is 0 Å². The third-order valence-electron chi connectivity index (χ3n) is 1.41. The van der Waals surface area contributed by atoms with Gasteiger partial charge in [-0.25, -0.2) is 0 Å². The van der Waals surface area contributed by atoms with Gasteiger partial charge in [0.25, 0.3) is 0 Å². The third kappa shape index (κ3) is 2.58. The zero-order valence-electron chi connectivity index (χ0n) is 6.60. The molecule has 0 heterocycles. The molecular weight excluding hydrogens is 152 g/mol. The van der Waals surface area contributed by atoms with Gasteiger partial charge in [-0.2, -0.15) is 0 Å². The average molecular weight is 162 g/mol. The van der Waals surface area contributed by atoms with Crippen LogP contribution in [0.2, 0.25) is 0 Å². The molecule has 2 nitrogen and oxygen atoms in total. The van der Waals surface area contributed by atoms with Gasteiger partial charge >= 0.3 is 0 Å². The van der Waals surface area contributed by atoms with Crippen molar-refractivity contribution in [2.75, 3.05) is 0 Å². The first-order chi connectivity index (χ1) is 5.83. The first kappa shape index (κ1) is 8.53. The minimum atomic E-state index is 0.239. The maximum atomic E-state index is 9.96. The fourth-order valence-electron chi connectivity index (χ4n) is 0.888. The van der Waals surface area contributed by atoms with Crippen LogP contribution in [0.4, 0.5) is 0 Å². The fraction of sp³-hybridized carbons (Fsp3) is 0.100. The van der Waals surface area contributed by atoms with Crippen LogP contribution in [0, 0.1) is 0 Å². The van der Waals surface area contributed by atoms with Crippen LogP contribution < -0.4 is 0 Å². The summed E-state index contributed by atoms with van der Waals surface area (Å²) in [4.78, 5) is 9.96. The Bertz CT molecular complexity index is 290. The van der Waals surface area contributed by atoms with Crippen molar-refractivity contribution in [2.45, 2.75) is 6.42 Å². The fourth-order valence-corrected chi connectivity index (χ4v) is 0.888. The van der Waals surface area contributed by atoms with Gasteiger partial charge in [-0.1, -0.05) is 24.3 Å². The summed E-state index contributed by atoms with van der Waals surface area (Å²) in [6.07, 6.45) is 4.80.